The monoisotopic (exact) mass is 378 g/mol. The van der Waals surface area contributed by atoms with Gasteiger partial charge in [-0.15, -0.1) is 0 Å². The van der Waals surface area contributed by atoms with Gasteiger partial charge >= 0.3 is 0 Å². The van der Waals surface area contributed by atoms with Crippen molar-refractivity contribution >= 4 is 27.3 Å². The summed E-state index contributed by atoms with van der Waals surface area (Å²) in [4.78, 5) is 0. The second-order valence-electron chi connectivity index (χ2n) is 6.22. The minimum absolute atomic E-state index is 0.411. The third-order valence-corrected chi connectivity index (χ3v) is 5.13. The van der Waals surface area contributed by atoms with E-state index in [2.05, 4.69) is 43.5 Å². The molecule has 1 aromatic carbocycles. The number of hydrogen-bond donors (Lipinski definition) is 3. The average molecular weight is 379 g/mol. The van der Waals surface area contributed by atoms with Crippen LogP contribution in [0, 0.1) is 23.3 Å². The van der Waals surface area contributed by atoms with E-state index in [1.807, 2.05) is 12.1 Å². The summed E-state index contributed by atoms with van der Waals surface area (Å²) >= 11 is 3.47. The van der Waals surface area contributed by atoms with Gasteiger partial charge in [-0.2, -0.15) is 5.11 Å². The highest BCUT2D eigenvalue weighted by atomic mass is 79.9. The zero-order valence-electron chi connectivity index (χ0n) is 12.9. The number of halogens is 2. The van der Waals surface area contributed by atoms with Crippen molar-refractivity contribution in [3.05, 3.63) is 22.2 Å². The second-order valence-corrected chi connectivity index (χ2v) is 7.02. The quantitative estimate of drug-likeness (QED) is 0.537. The molecule has 0 bridgehead atoms. The smallest absolute Gasteiger partial charge is 0.173 e. The van der Waals surface area contributed by atoms with Gasteiger partial charge in [-0.25, -0.2) is 9.92 Å². The molecule has 23 heavy (non-hydrogen) atoms. The Labute approximate surface area is 144 Å². The van der Waals surface area contributed by atoms with Gasteiger partial charge < -0.3 is 10.6 Å². The molecular formula is C17H20BrFN4. The van der Waals surface area contributed by atoms with Gasteiger partial charge in [0, 0.05) is 24.9 Å². The van der Waals surface area contributed by atoms with E-state index in [-0.39, 0.29) is 0 Å². The molecule has 2 fully saturated rings. The largest absolute Gasteiger partial charge is 0.383 e. The number of rotatable bonds is 4. The molecule has 1 aliphatic carbocycles. The molecular weight excluding hydrogens is 359 g/mol. The fourth-order valence-corrected chi connectivity index (χ4v) is 3.15. The van der Waals surface area contributed by atoms with Crippen LogP contribution in [0.25, 0.3) is 0 Å². The topological polar surface area (TPSA) is 60.3 Å². The summed E-state index contributed by atoms with van der Waals surface area (Å²) < 4.78 is 15.2. The maximum Gasteiger partial charge on any atom is 0.173 e. The number of anilines is 1. The Morgan fingerprint density at radius 2 is 2.13 bits per heavy atom. The molecule has 0 amide bonds. The minimum Gasteiger partial charge on any atom is -0.383 e. The van der Waals surface area contributed by atoms with Crippen molar-refractivity contribution in [2.75, 3.05) is 25.0 Å². The SMILES string of the molecule is N=Nc1c(NCC2CC2)ccc(C#CC2(F)CCNCC2)c1Br. The van der Waals surface area contributed by atoms with E-state index in [0.29, 0.717) is 41.7 Å². The Bertz CT molecular complexity index is 655. The van der Waals surface area contributed by atoms with Crippen LogP contribution in [-0.2, 0) is 0 Å². The first-order chi connectivity index (χ1) is 11.1. The van der Waals surface area contributed by atoms with E-state index in [4.69, 9.17) is 5.53 Å². The summed E-state index contributed by atoms with van der Waals surface area (Å²) in [5.41, 5.74) is 8.00. The molecule has 0 unspecified atom stereocenters. The Hall–Kier alpha value is -1.45. The van der Waals surface area contributed by atoms with Crippen molar-refractivity contribution in [1.82, 2.24) is 5.32 Å². The third kappa shape index (κ3) is 4.10. The molecule has 0 spiro atoms. The average Bonchev–Trinajstić information content (AvgIpc) is 3.37. The van der Waals surface area contributed by atoms with Crippen molar-refractivity contribution in [2.24, 2.45) is 11.0 Å². The number of nitrogens with zero attached hydrogens (tertiary/aromatic N) is 1. The van der Waals surface area contributed by atoms with Crippen molar-refractivity contribution in [3.63, 3.8) is 0 Å². The minimum atomic E-state index is -1.42. The molecule has 1 aliphatic heterocycles. The summed E-state index contributed by atoms with van der Waals surface area (Å²) in [6.45, 7) is 2.22. The van der Waals surface area contributed by atoms with Crippen molar-refractivity contribution in [2.45, 2.75) is 31.4 Å². The summed E-state index contributed by atoms with van der Waals surface area (Å²) in [6, 6.07) is 3.73. The Balaban J connectivity index is 1.81. The molecule has 122 valence electrons. The molecule has 4 nitrogen and oxygen atoms in total. The normalized spacial score (nSPS) is 19.6. The maximum absolute atomic E-state index is 14.6. The standard InChI is InChI=1S/C17H20BrFN4/c18-15-13(5-6-17(19)7-9-21-10-8-17)3-4-14(16(15)23-20)22-11-12-1-2-12/h3-4,12,20-22H,1-2,7-11H2. The molecule has 2 aliphatic rings. The molecule has 1 heterocycles. The zero-order valence-corrected chi connectivity index (χ0v) is 14.5. The van der Waals surface area contributed by atoms with E-state index in [1.54, 1.807) is 0 Å². The fraction of sp³-hybridized carbons (Fsp3) is 0.529. The fourth-order valence-electron chi connectivity index (χ4n) is 2.62. The Morgan fingerprint density at radius 3 is 2.78 bits per heavy atom. The summed E-state index contributed by atoms with van der Waals surface area (Å²) in [5, 5.41) is 10.1. The van der Waals surface area contributed by atoms with Crippen LogP contribution in [0.1, 0.15) is 31.2 Å². The molecule has 0 radical (unpaired) electrons. The molecule has 6 heteroatoms. The number of alkyl halides is 1. The van der Waals surface area contributed by atoms with E-state index < -0.39 is 5.67 Å². The highest BCUT2D eigenvalue weighted by molar-refractivity contribution is 9.10. The summed E-state index contributed by atoms with van der Waals surface area (Å²) in [5.74, 6) is 6.44. The van der Waals surface area contributed by atoms with Gasteiger partial charge in [0.2, 0.25) is 0 Å². The molecule has 3 N–H and O–H groups in total. The van der Waals surface area contributed by atoms with Gasteiger partial charge in [-0.05, 0) is 59.9 Å². The third-order valence-electron chi connectivity index (χ3n) is 4.32. The second kappa shape index (κ2) is 6.98. The first kappa shape index (κ1) is 16.4. The first-order valence-electron chi connectivity index (χ1n) is 7.98. The van der Waals surface area contributed by atoms with Gasteiger partial charge in [0.15, 0.2) is 5.67 Å². The van der Waals surface area contributed by atoms with E-state index in [1.165, 1.54) is 12.8 Å². The Morgan fingerprint density at radius 1 is 1.39 bits per heavy atom. The summed E-state index contributed by atoms with van der Waals surface area (Å²) in [7, 11) is 0. The zero-order chi connectivity index (χ0) is 16.3. The molecule has 1 saturated heterocycles. The highest BCUT2D eigenvalue weighted by Crippen LogP contribution is 2.37. The predicted molar refractivity (Wildman–Crippen MR) is 93.0 cm³/mol. The van der Waals surface area contributed by atoms with E-state index >= 15 is 0 Å². The maximum atomic E-state index is 14.6. The molecule has 1 aromatic rings. The van der Waals surface area contributed by atoms with Crippen molar-refractivity contribution in [3.8, 4) is 11.8 Å². The molecule has 0 aromatic heterocycles. The Kier molecular flexibility index (Phi) is 4.98. The van der Waals surface area contributed by atoms with Crippen LogP contribution in [0.2, 0.25) is 0 Å². The van der Waals surface area contributed by atoms with Crippen LogP contribution in [0.15, 0.2) is 21.7 Å². The van der Waals surface area contributed by atoms with Crippen LogP contribution in [0.5, 0.6) is 0 Å². The first-order valence-corrected chi connectivity index (χ1v) is 8.77. The molecule has 0 atom stereocenters. The van der Waals surface area contributed by atoms with Crippen molar-refractivity contribution in [1.29, 1.82) is 5.53 Å². The summed E-state index contributed by atoms with van der Waals surface area (Å²) in [6.07, 6.45) is 3.35. The van der Waals surface area contributed by atoms with Gasteiger partial charge in [-0.1, -0.05) is 11.8 Å². The van der Waals surface area contributed by atoms with Crippen LogP contribution < -0.4 is 10.6 Å². The number of nitrogens with one attached hydrogen (secondary N) is 3. The number of hydrogen-bond acceptors (Lipinski definition) is 4. The van der Waals surface area contributed by atoms with Crippen LogP contribution in [0.3, 0.4) is 0 Å². The van der Waals surface area contributed by atoms with E-state index in [0.717, 1.165) is 18.2 Å². The van der Waals surface area contributed by atoms with Crippen LogP contribution in [0.4, 0.5) is 15.8 Å². The van der Waals surface area contributed by atoms with Gasteiger partial charge in [0.1, 0.15) is 5.69 Å². The molecule has 3 rings (SSSR count). The highest BCUT2D eigenvalue weighted by Gasteiger charge is 2.29. The lowest BCUT2D eigenvalue weighted by Crippen LogP contribution is -2.37. The van der Waals surface area contributed by atoms with Gasteiger partial charge in [-0.3, -0.25) is 0 Å². The lowest BCUT2D eigenvalue weighted by molar-refractivity contribution is 0.184. The van der Waals surface area contributed by atoms with Gasteiger partial charge in [0.25, 0.3) is 0 Å². The predicted octanol–water partition coefficient (Wildman–Crippen LogP) is 4.38. The lowest BCUT2D eigenvalue weighted by atomic mass is 9.95. The lowest BCUT2D eigenvalue weighted by Gasteiger charge is -2.24. The van der Waals surface area contributed by atoms with Crippen molar-refractivity contribution < 1.29 is 4.39 Å². The number of piperidine rings is 1. The number of benzene rings is 1. The molecule has 1 saturated carbocycles. The van der Waals surface area contributed by atoms with Gasteiger partial charge in [0.05, 0.1) is 10.2 Å². The van der Waals surface area contributed by atoms with Crippen LogP contribution in [-0.4, -0.2) is 25.3 Å². The van der Waals surface area contributed by atoms with E-state index in [9.17, 15) is 4.39 Å². The van der Waals surface area contributed by atoms with Crippen LogP contribution >= 0.6 is 15.9 Å².